The maximum atomic E-state index is 12.5. The van der Waals surface area contributed by atoms with Crippen molar-refractivity contribution < 1.29 is 9.59 Å². The lowest BCUT2D eigenvalue weighted by molar-refractivity contribution is 0.0933. The minimum absolute atomic E-state index is 0.0395. The molecule has 9 heteroatoms. The van der Waals surface area contributed by atoms with Gasteiger partial charge < -0.3 is 16.0 Å². The number of amides is 1. The number of hydrogen-bond acceptors (Lipinski definition) is 3. The molecule has 1 atom stereocenters. The first-order valence-electron chi connectivity index (χ1n) is 8.19. The van der Waals surface area contributed by atoms with Gasteiger partial charge in [-0.1, -0.05) is 52.5 Å². The molecule has 5 nitrogen and oxygen atoms in total. The average molecular weight is 459 g/mol. The molecule has 0 spiro atoms. The van der Waals surface area contributed by atoms with Crippen molar-refractivity contribution >= 4 is 69.5 Å². The van der Waals surface area contributed by atoms with E-state index >= 15 is 0 Å². The Morgan fingerprint density at radius 2 is 1.64 bits per heavy atom. The zero-order valence-electron chi connectivity index (χ0n) is 15.1. The highest BCUT2D eigenvalue weighted by atomic mass is 35.6. The molecule has 148 valence electrons. The second-order valence-corrected chi connectivity index (χ2v) is 8.83. The number of hydrogen-bond donors (Lipinski definition) is 3. The number of carbonyl (C=O) groups is 2. The Balaban J connectivity index is 2.06. The molecule has 2 aromatic rings. The molecule has 1 amide bonds. The lowest BCUT2D eigenvalue weighted by atomic mass is 10.1. The van der Waals surface area contributed by atoms with Gasteiger partial charge >= 0.3 is 0 Å². The van der Waals surface area contributed by atoms with E-state index in [9.17, 15) is 9.59 Å². The van der Waals surface area contributed by atoms with Crippen LogP contribution >= 0.6 is 47.0 Å². The summed E-state index contributed by atoms with van der Waals surface area (Å²) >= 11 is 23.2. The van der Waals surface area contributed by atoms with Gasteiger partial charge in [-0.2, -0.15) is 0 Å². The molecule has 0 heterocycles. The number of Topliss-reactive ketones (excluding diaryl/α,β-unsaturated/α-hetero) is 1. The number of alkyl halides is 3. The predicted molar refractivity (Wildman–Crippen MR) is 119 cm³/mol. The van der Waals surface area contributed by atoms with E-state index in [2.05, 4.69) is 16.0 Å². The lowest BCUT2D eigenvalue weighted by Crippen LogP contribution is -2.56. The fourth-order valence-electron chi connectivity index (χ4n) is 2.29. The number of halogens is 3. The number of nitrogens with one attached hydrogen (secondary N) is 3. The van der Waals surface area contributed by atoms with Crippen molar-refractivity contribution in [2.24, 2.45) is 0 Å². The van der Waals surface area contributed by atoms with Gasteiger partial charge in [0, 0.05) is 16.8 Å². The van der Waals surface area contributed by atoms with E-state index < -0.39 is 15.9 Å². The first kappa shape index (κ1) is 22.4. The van der Waals surface area contributed by atoms with Gasteiger partial charge in [-0.05, 0) is 62.5 Å². The summed E-state index contributed by atoms with van der Waals surface area (Å²) in [5, 5.41) is 8.46. The second kappa shape index (κ2) is 9.56. The molecule has 0 aliphatic heterocycles. The van der Waals surface area contributed by atoms with Crippen molar-refractivity contribution in [2.75, 3.05) is 5.32 Å². The summed E-state index contributed by atoms with van der Waals surface area (Å²) in [6.07, 6.45) is -1.08. The van der Waals surface area contributed by atoms with Crippen LogP contribution in [0.1, 0.15) is 33.2 Å². The van der Waals surface area contributed by atoms with Gasteiger partial charge in [0.15, 0.2) is 10.9 Å². The summed E-state index contributed by atoms with van der Waals surface area (Å²) in [6.45, 7) is 3.36. The molecule has 0 unspecified atom stereocenters. The SMILES string of the molecule is CC(=O)c1ccc(NC(=S)N[C@@H](NC(=O)c2cccc(C)c2)C(Cl)(Cl)Cl)cc1. The van der Waals surface area contributed by atoms with E-state index in [0.717, 1.165) is 5.56 Å². The number of aryl methyl sites for hydroxylation is 1. The molecule has 0 radical (unpaired) electrons. The molecular weight excluding hydrogens is 441 g/mol. The number of ketones is 1. The van der Waals surface area contributed by atoms with E-state index in [1.165, 1.54) is 6.92 Å². The Hall–Kier alpha value is -1.86. The Labute approximate surface area is 183 Å². The van der Waals surface area contributed by atoms with Crippen LogP contribution in [-0.2, 0) is 0 Å². The fourth-order valence-corrected chi connectivity index (χ4v) is 2.85. The van der Waals surface area contributed by atoms with Crippen LogP contribution in [0.2, 0.25) is 0 Å². The van der Waals surface area contributed by atoms with E-state index in [1.54, 1.807) is 42.5 Å². The molecule has 2 rings (SSSR count). The van der Waals surface area contributed by atoms with Crippen LogP contribution in [0.15, 0.2) is 48.5 Å². The quantitative estimate of drug-likeness (QED) is 0.264. The summed E-state index contributed by atoms with van der Waals surface area (Å²) in [5.74, 6) is -0.455. The lowest BCUT2D eigenvalue weighted by Gasteiger charge is -2.27. The fraction of sp³-hybridized carbons (Fsp3) is 0.211. The highest BCUT2D eigenvalue weighted by Crippen LogP contribution is 2.29. The summed E-state index contributed by atoms with van der Waals surface area (Å²) in [4.78, 5) is 23.8. The van der Waals surface area contributed by atoms with Crippen LogP contribution in [-0.4, -0.2) is 26.8 Å². The summed E-state index contributed by atoms with van der Waals surface area (Å²) in [5.41, 5.74) is 2.57. The Bertz CT molecular complexity index is 883. The van der Waals surface area contributed by atoms with Crippen molar-refractivity contribution in [1.29, 1.82) is 0 Å². The molecule has 0 saturated carbocycles. The van der Waals surface area contributed by atoms with Crippen molar-refractivity contribution in [1.82, 2.24) is 10.6 Å². The highest BCUT2D eigenvalue weighted by Gasteiger charge is 2.34. The molecule has 2 aromatic carbocycles. The first-order chi connectivity index (χ1) is 13.1. The number of rotatable bonds is 5. The number of carbonyl (C=O) groups excluding carboxylic acids is 2. The van der Waals surface area contributed by atoms with Crippen LogP contribution in [0.25, 0.3) is 0 Å². The predicted octanol–water partition coefficient (Wildman–Crippen LogP) is 4.61. The van der Waals surface area contributed by atoms with Crippen LogP contribution in [0.4, 0.5) is 5.69 Å². The van der Waals surface area contributed by atoms with Crippen LogP contribution in [0.3, 0.4) is 0 Å². The Kier molecular flexibility index (Phi) is 7.66. The number of benzene rings is 2. The first-order valence-corrected chi connectivity index (χ1v) is 9.73. The minimum Gasteiger partial charge on any atom is -0.339 e. The number of thiocarbonyl (C=S) groups is 1. The minimum atomic E-state index is -1.86. The smallest absolute Gasteiger partial charge is 0.252 e. The Morgan fingerprint density at radius 1 is 1.00 bits per heavy atom. The molecule has 3 N–H and O–H groups in total. The van der Waals surface area contributed by atoms with Crippen LogP contribution < -0.4 is 16.0 Å². The average Bonchev–Trinajstić information content (AvgIpc) is 2.60. The van der Waals surface area contributed by atoms with Crippen LogP contribution in [0.5, 0.6) is 0 Å². The maximum Gasteiger partial charge on any atom is 0.252 e. The molecule has 0 aliphatic rings. The van der Waals surface area contributed by atoms with Gasteiger partial charge in [-0.3, -0.25) is 9.59 Å². The standard InChI is InChI=1S/C19H18Cl3N3O2S/c1-11-4-3-5-14(10-11)16(27)24-17(19(20,21)22)25-18(28)23-15-8-6-13(7-9-15)12(2)26/h3-10,17H,1-2H3,(H,24,27)(H2,23,25,28)/t17-/m1/s1. The molecule has 28 heavy (non-hydrogen) atoms. The van der Waals surface area contributed by atoms with Crippen molar-refractivity contribution in [3.8, 4) is 0 Å². The molecular formula is C19H18Cl3N3O2S. The van der Waals surface area contributed by atoms with Crippen molar-refractivity contribution in [3.05, 3.63) is 65.2 Å². The topological polar surface area (TPSA) is 70.2 Å². The summed E-state index contributed by atoms with van der Waals surface area (Å²) < 4.78 is -1.86. The Morgan fingerprint density at radius 3 is 2.18 bits per heavy atom. The molecule has 0 aromatic heterocycles. The zero-order valence-corrected chi connectivity index (χ0v) is 18.1. The van der Waals surface area contributed by atoms with Gasteiger partial charge in [-0.25, -0.2) is 0 Å². The van der Waals surface area contributed by atoms with Crippen molar-refractivity contribution in [2.45, 2.75) is 23.8 Å². The normalized spacial score (nSPS) is 12.0. The van der Waals surface area contributed by atoms with E-state index in [4.69, 9.17) is 47.0 Å². The van der Waals surface area contributed by atoms with E-state index in [-0.39, 0.29) is 10.9 Å². The summed E-state index contributed by atoms with van der Waals surface area (Å²) in [7, 11) is 0. The molecule has 0 aliphatic carbocycles. The largest absolute Gasteiger partial charge is 0.339 e. The van der Waals surface area contributed by atoms with Gasteiger partial charge in [0.25, 0.3) is 5.91 Å². The summed E-state index contributed by atoms with van der Waals surface area (Å²) in [6, 6.07) is 13.7. The second-order valence-electron chi connectivity index (χ2n) is 6.05. The van der Waals surface area contributed by atoms with Gasteiger partial charge in [0.2, 0.25) is 3.79 Å². The van der Waals surface area contributed by atoms with Crippen molar-refractivity contribution in [3.63, 3.8) is 0 Å². The third kappa shape index (κ3) is 6.63. The highest BCUT2D eigenvalue weighted by molar-refractivity contribution is 7.80. The van der Waals surface area contributed by atoms with Gasteiger partial charge in [0.1, 0.15) is 6.17 Å². The maximum absolute atomic E-state index is 12.5. The van der Waals surface area contributed by atoms with Gasteiger partial charge in [0.05, 0.1) is 0 Å². The third-order valence-electron chi connectivity index (χ3n) is 3.71. The third-order valence-corrected chi connectivity index (χ3v) is 4.58. The van der Waals surface area contributed by atoms with Gasteiger partial charge in [-0.15, -0.1) is 0 Å². The van der Waals surface area contributed by atoms with E-state index in [0.29, 0.717) is 16.8 Å². The van der Waals surface area contributed by atoms with E-state index in [1.807, 2.05) is 13.0 Å². The molecule has 0 saturated heterocycles. The zero-order chi connectivity index (χ0) is 20.9. The number of anilines is 1. The molecule has 0 fully saturated rings. The van der Waals surface area contributed by atoms with Crippen LogP contribution in [0, 0.1) is 6.92 Å². The molecule has 0 bridgehead atoms. The monoisotopic (exact) mass is 457 g/mol.